The van der Waals surface area contributed by atoms with Crippen molar-refractivity contribution < 1.29 is 37.2 Å². The minimum atomic E-state index is -4.23. The van der Waals surface area contributed by atoms with Crippen LogP contribution in [0.3, 0.4) is 0 Å². The van der Waals surface area contributed by atoms with Crippen molar-refractivity contribution in [3.05, 3.63) is 102 Å². The summed E-state index contributed by atoms with van der Waals surface area (Å²) < 4.78 is 30.1. The van der Waals surface area contributed by atoms with Gasteiger partial charge >= 0.3 is 0 Å². The van der Waals surface area contributed by atoms with E-state index in [0.717, 1.165) is 54.1 Å². The van der Waals surface area contributed by atoms with Crippen LogP contribution in [0.2, 0.25) is 0 Å². The molecule has 0 radical (unpaired) electrons. The molecule has 0 bridgehead atoms. The second-order valence-electron chi connectivity index (χ2n) is 19.3. The molecule has 3 aliphatic rings. The molecule has 72 heavy (non-hydrogen) atoms. The van der Waals surface area contributed by atoms with Gasteiger partial charge in [-0.15, -0.1) is 0 Å². The first-order valence-electron chi connectivity index (χ1n) is 25.2. The van der Waals surface area contributed by atoms with E-state index in [1.165, 1.54) is 17.0 Å². The molecular weight excluding hydrogens is 939 g/mol. The van der Waals surface area contributed by atoms with Gasteiger partial charge in [0.05, 0.1) is 4.90 Å². The Morgan fingerprint density at radius 2 is 1.47 bits per heavy atom. The zero-order valence-corrected chi connectivity index (χ0v) is 41.7. The number of benzene rings is 3. The molecular formula is C52H69N11O8S. The minimum absolute atomic E-state index is 0.00845. The van der Waals surface area contributed by atoms with Crippen LogP contribution >= 0.6 is 0 Å². The number of sulfonamides is 1. The van der Waals surface area contributed by atoms with E-state index in [1.807, 2.05) is 31.2 Å². The number of aliphatic imine (C=N–C) groups is 1. The van der Waals surface area contributed by atoms with Gasteiger partial charge in [0.25, 0.3) is 0 Å². The third kappa shape index (κ3) is 14.4. The average molecular weight is 1010 g/mol. The highest BCUT2D eigenvalue weighted by Gasteiger charge is 2.41. The predicted molar refractivity (Wildman–Crippen MR) is 273 cm³/mol. The molecule has 6 atom stereocenters. The maximum Gasteiger partial charge on any atom is 0.245 e. The molecule has 2 saturated heterocycles. The number of hydrogen-bond donors (Lipinski definition) is 9. The summed E-state index contributed by atoms with van der Waals surface area (Å²) in [7, 11) is -4.23. The van der Waals surface area contributed by atoms with Crippen LogP contribution in [0.5, 0.6) is 0 Å². The summed E-state index contributed by atoms with van der Waals surface area (Å²) in [6.07, 6.45) is 8.15. The lowest BCUT2D eigenvalue weighted by molar-refractivity contribution is -0.142. The summed E-state index contributed by atoms with van der Waals surface area (Å²) in [4.78, 5) is 95.9. The second-order valence-corrected chi connectivity index (χ2v) is 21.0. The van der Waals surface area contributed by atoms with Crippen molar-refractivity contribution in [2.75, 3.05) is 19.6 Å². The number of rotatable bonds is 15. The Bertz CT molecular complexity index is 2670. The highest BCUT2D eigenvalue weighted by molar-refractivity contribution is 7.89. The quantitative estimate of drug-likeness (QED) is 0.0476. The highest BCUT2D eigenvalue weighted by Crippen LogP contribution is 2.29. The van der Waals surface area contributed by atoms with E-state index in [9.17, 15) is 37.2 Å². The van der Waals surface area contributed by atoms with E-state index >= 15 is 0 Å². The molecule has 19 nitrogen and oxygen atoms in total. The van der Waals surface area contributed by atoms with E-state index in [1.54, 1.807) is 48.7 Å². The molecule has 386 valence electrons. The van der Waals surface area contributed by atoms with Crippen LogP contribution in [0.25, 0.3) is 10.9 Å². The van der Waals surface area contributed by atoms with Gasteiger partial charge in [-0.25, -0.2) is 8.42 Å². The van der Waals surface area contributed by atoms with E-state index < -0.39 is 81.7 Å². The summed E-state index contributed by atoms with van der Waals surface area (Å²) in [5.41, 5.74) is 14.3. The smallest absolute Gasteiger partial charge is 0.245 e. The number of H-pyrrole nitrogens is 1. The van der Waals surface area contributed by atoms with Gasteiger partial charge in [-0.05, 0) is 93.5 Å². The molecule has 1 saturated carbocycles. The fourth-order valence-corrected chi connectivity index (χ4v) is 11.2. The molecule has 6 amide bonds. The van der Waals surface area contributed by atoms with Gasteiger partial charge in [-0.2, -0.15) is 4.72 Å². The maximum atomic E-state index is 14.9. The summed E-state index contributed by atoms with van der Waals surface area (Å²) in [6.45, 7) is 2.19. The molecule has 3 fully saturated rings. The summed E-state index contributed by atoms with van der Waals surface area (Å²) in [5, 5.41) is 15.4. The van der Waals surface area contributed by atoms with E-state index in [0.29, 0.717) is 24.8 Å². The van der Waals surface area contributed by atoms with Gasteiger partial charge < -0.3 is 47.9 Å². The number of nitrogens with one attached hydrogen (secondary N) is 7. The number of hydrogen-bond acceptors (Lipinski definition) is 9. The molecule has 3 aromatic carbocycles. The average Bonchev–Trinajstić information content (AvgIpc) is 4.03. The van der Waals surface area contributed by atoms with Gasteiger partial charge in [0.15, 0.2) is 5.96 Å². The normalized spacial score (nSPS) is 22.6. The lowest BCUT2D eigenvalue weighted by Gasteiger charge is -2.32. The first-order chi connectivity index (χ1) is 34.6. The monoisotopic (exact) mass is 1010 g/mol. The number of carbonyl (C=O) groups is 6. The SMILES string of the molecule is Cc1ccc(S(=O)(=O)N[C@@H](Cc2ccccc2)C(=O)NC2CCCNC(=O)C(CCCN=C(N)N)NC(=O)C(Cc3c[nH]c4ccccc34)NC(=O)[C@@H](CC3CCCCC3)NC(=O)C3CCCN3C2=O)cc1. The zero-order chi connectivity index (χ0) is 51.2. The fourth-order valence-electron chi connectivity index (χ4n) is 9.99. The highest BCUT2D eigenvalue weighted by atomic mass is 32.2. The lowest BCUT2D eigenvalue weighted by Crippen LogP contribution is -2.60. The van der Waals surface area contributed by atoms with E-state index in [4.69, 9.17) is 11.5 Å². The zero-order valence-electron chi connectivity index (χ0n) is 40.9. The number of nitrogens with zero attached hydrogens (tertiary/aromatic N) is 2. The van der Waals surface area contributed by atoms with Crippen molar-refractivity contribution in [1.29, 1.82) is 0 Å². The Morgan fingerprint density at radius 3 is 2.22 bits per heavy atom. The molecule has 4 aromatic rings. The number of guanidine groups is 1. The summed E-state index contributed by atoms with van der Waals surface area (Å²) >= 11 is 0. The third-order valence-corrected chi connectivity index (χ3v) is 15.4. The molecule has 2 aliphatic heterocycles. The third-order valence-electron chi connectivity index (χ3n) is 13.9. The number of aryl methyl sites for hydroxylation is 1. The number of nitrogens with two attached hydrogens (primary N) is 2. The van der Waals surface area contributed by atoms with Crippen LogP contribution in [0.4, 0.5) is 0 Å². The molecule has 11 N–H and O–H groups in total. The Kier molecular flexibility index (Phi) is 18.4. The van der Waals surface area contributed by atoms with Gasteiger partial charge in [-0.3, -0.25) is 33.8 Å². The fraction of sp³-hybridized carbons (Fsp3) is 0.481. The molecule has 3 heterocycles. The van der Waals surface area contributed by atoms with Gasteiger partial charge in [-0.1, -0.05) is 98.3 Å². The second kappa shape index (κ2) is 25.0. The number of para-hydroxylation sites is 1. The summed E-state index contributed by atoms with van der Waals surface area (Å²) in [6, 6.07) is 15.7. The standard InChI is InChI=1S/C52H69N11O8S/c1-33-22-24-37(25-23-33)72(70,71)62-44(30-35-15-6-3-7-16-35)49(67)59-41-20-11-26-55-46(64)40(19-10-27-56-52(53)54)58-48(66)43(31-36-32-57-39-18-9-8-17-38(36)39)60-47(65)42(29-34-13-4-2-5-14-34)61-50(68)45-21-12-28-63(45)51(41)69/h3,6-9,15-18,22-25,32,34,40-45,57,62H,2,4-5,10-14,19-21,26-31H2,1H3,(H,55,64)(H,58,66)(H,59,67)(H,60,65)(H,61,68)(H4,53,54,56)/t40?,41?,42-,43?,44+,45?/m1/s1. The molecule has 4 unspecified atom stereocenters. The predicted octanol–water partition coefficient (Wildman–Crippen LogP) is 2.47. The van der Waals surface area contributed by atoms with Crippen LogP contribution in [0.1, 0.15) is 93.7 Å². The number of carbonyl (C=O) groups excluding carboxylic acids is 6. The first kappa shape index (κ1) is 53.0. The van der Waals surface area contributed by atoms with Crippen LogP contribution in [-0.2, 0) is 51.6 Å². The number of fused-ring (bicyclic) bond motifs is 2. The van der Waals surface area contributed by atoms with Crippen LogP contribution in [-0.4, -0.2) is 116 Å². The van der Waals surface area contributed by atoms with Crippen molar-refractivity contribution in [2.45, 2.75) is 138 Å². The van der Waals surface area contributed by atoms with E-state index in [-0.39, 0.29) is 74.9 Å². The molecule has 7 rings (SSSR count). The van der Waals surface area contributed by atoms with Gasteiger partial charge in [0, 0.05) is 43.2 Å². The van der Waals surface area contributed by atoms with Crippen molar-refractivity contribution in [1.82, 2.24) is 41.2 Å². The minimum Gasteiger partial charge on any atom is -0.370 e. The van der Waals surface area contributed by atoms with Crippen molar-refractivity contribution in [3.63, 3.8) is 0 Å². The number of aromatic nitrogens is 1. The van der Waals surface area contributed by atoms with Crippen molar-refractivity contribution in [3.8, 4) is 0 Å². The van der Waals surface area contributed by atoms with Gasteiger partial charge in [0.2, 0.25) is 45.5 Å². The summed E-state index contributed by atoms with van der Waals surface area (Å²) in [5.74, 6) is -3.62. The molecule has 20 heteroatoms. The topological polar surface area (TPSA) is 292 Å². The number of aromatic amines is 1. The molecule has 0 spiro atoms. The van der Waals surface area contributed by atoms with E-state index in [2.05, 4.69) is 41.3 Å². The Labute approximate surface area is 420 Å². The maximum absolute atomic E-state index is 14.9. The largest absolute Gasteiger partial charge is 0.370 e. The first-order valence-corrected chi connectivity index (χ1v) is 26.7. The van der Waals surface area contributed by atoms with Crippen molar-refractivity contribution in [2.24, 2.45) is 22.4 Å². The van der Waals surface area contributed by atoms with Crippen LogP contribution < -0.4 is 42.8 Å². The Hall–Kier alpha value is -6.80. The van der Waals surface area contributed by atoms with Crippen LogP contribution in [0.15, 0.2) is 94.9 Å². The number of amides is 6. The lowest BCUT2D eigenvalue weighted by atomic mass is 9.84. The molecule has 1 aliphatic carbocycles. The molecule has 1 aromatic heterocycles. The Balaban J connectivity index is 1.20. The van der Waals surface area contributed by atoms with Gasteiger partial charge in [0.1, 0.15) is 36.3 Å². The Morgan fingerprint density at radius 1 is 0.778 bits per heavy atom. The van der Waals surface area contributed by atoms with Crippen molar-refractivity contribution >= 4 is 62.3 Å². The van der Waals surface area contributed by atoms with Crippen LogP contribution in [0, 0.1) is 12.8 Å².